The van der Waals surface area contributed by atoms with E-state index in [0.717, 1.165) is 0 Å². The predicted molar refractivity (Wildman–Crippen MR) is 73.3 cm³/mol. The Morgan fingerprint density at radius 3 is 2.35 bits per heavy atom. The maximum absolute atomic E-state index is 11.6. The molecule has 2 aromatic carbocycles. The molecule has 0 atom stereocenters. The van der Waals surface area contributed by atoms with Gasteiger partial charge in [-0.05, 0) is 37.6 Å². The van der Waals surface area contributed by atoms with Crippen LogP contribution in [0, 0.1) is 6.92 Å². The molecule has 0 bridgehead atoms. The zero-order valence-corrected chi connectivity index (χ0v) is 11.4. The molecule has 0 fully saturated rings. The lowest BCUT2D eigenvalue weighted by Crippen LogP contribution is -2.03. The zero-order valence-electron chi connectivity index (χ0n) is 11.4. The molecule has 5 heteroatoms. The van der Waals surface area contributed by atoms with Crippen LogP contribution in [-0.4, -0.2) is 22.0 Å². The van der Waals surface area contributed by atoms with Crippen LogP contribution in [0.25, 0.3) is 10.8 Å². The Bertz CT molecular complexity index is 731. The fourth-order valence-electron chi connectivity index (χ4n) is 2.27. The molecule has 2 N–H and O–H groups in total. The number of carbonyl (C=O) groups is 2. The Labute approximate surface area is 115 Å². The summed E-state index contributed by atoms with van der Waals surface area (Å²) in [6.45, 7) is 4.26. The van der Waals surface area contributed by atoms with Crippen molar-refractivity contribution in [2.24, 2.45) is 0 Å². The first-order valence-corrected chi connectivity index (χ1v) is 6.00. The molecule has 2 aromatic rings. The van der Waals surface area contributed by atoms with Gasteiger partial charge in [0.1, 0.15) is 17.2 Å². The molecule has 0 spiro atoms. The quantitative estimate of drug-likeness (QED) is 0.499. The van der Waals surface area contributed by atoms with Crippen LogP contribution in [0.15, 0.2) is 18.2 Å². The average Bonchev–Trinajstić information content (AvgIpc) is 2.31. The van der Waals surface area contributed by atoms with Crippen molar-refractivity contribution in [1.29, 1.82) is 0 Å². The van der Waals surface area contributed by atoms with Gasteiger partial charge in [0.25, 0.3) is 0 Å². The Morgan fingerprint density at radius 2 is 1.80 bits per heavy atom. The number of fused-ring (bicyclic) bond motifs is 1. The lowest BCUT2D eigenvalue weighted by molar-refractivity contribution is -0.131. The molecule has 0 aliphatic heterocycles. The van der Waals surface area contributed by atoms with Crippen LogP contribution in [-0.2, 0) is 4.79 Å². The highest BCUT2D eigenvalue weighted by molar-refractivity contribution is 6.08. The molecule has 0 amide bonds. The van der Waals surface area contributed by atoms with Crippen LogP contribution in [0.5, 0.6) is 17.2 Å². The van der Waals surface area contributed by atoms with Crippen LogP contribution >= 0.6 is 0 Å². The molecule has 5 nitrogen and oxygen atoms in total. The minimum absolute atomic E-state index is 0.0968. The van der Waals surface area contributed by atoms with E-state index in [9.17, 15) is 19.8 Å². The largest absolute Gasteiger partial charge is 0.507 e. The maximum Gasteiger partial charge on any atom is 0.308 e. The molecule has 0 unspecified atom stereocenters. The van der Waals surface area contributed by atoms with E-state index in [-0.39, 0.29) is 34.0 Å². The molecule has 0 saturated carbocycles. The molecular formula is C15H14O5. The Morgan fingerprint density at radius 1 is 1.15 bits per heavy atom. The monoisotopic (exact) mass is 274 g/mol. The highest BCUT2D eigenvalue weighted by Gasteiger charge is 2.19. The lowest BCUT2D eigenvalue weighted by Gasteiger charge is -2.13. The third kappa shape index (κ3) is 2.18. The number of rotatable bonds is 2. The number of aromatic hydroxyl groups is 2. The molecule has 2 rings (SSSR count). The molecule has 0 saturated heterocycles. The first-order chi connectivity index (χ1) is 9.32. The highest BCUT2D eigenvalue weighted by atomic mass is 16.5. The minimum atomic E-state index is -0.509. The van der Waals surface area contributed by atoms with Gasteiger partial charge >= 0.3 is 5.97 Å². The topological polar surface area (TPSA) is 83.8 Å². The number of phenols is 2. The summed E-state index contributed by atoms with van der Waals surface area (Å²) in [6.07, 6.45) is 0. The third-order valence-corrected chi connectivity index (χ3v) is 3.02. The third-order valence-electron chi connectivity index (χ3n) is 3.02. The van der Waals surface area contributed by atoms with E-state index in [1.165, 1.54) is 26.0 Å². The molecule has 0 radical (unpaired) electrons. The van der Waals surface area contributed by atoms with Gasteiger partial charge in [0, 0.05) is 12.3 Å². The standard InChI is InChI=1S/C15H14O5/c1-7-6-10-12(20-9(3)17)5-4-11(18)14(10)15(19)13(7)8(2)16/h4-6,18-19H,1-3H3. The van der Waals surface area contributed by atoms with Gasteiger partial charge in [-0.2, -0.15) is 0 Å². The molecule has 0 aliphatic carbocycles. The number of ketones is 1. The van der Waals surface area contributed by atoms with Crippen LogP contribution < -0.4 is 4.74 Å². The van der Waals surface area contributed by atoms with Gasteiger partial charge < -0.3 is 14.9 Å². The fraction of sp³-hybridized carbons (Fsp3) is 0.200. The van der Waals surface area contributed by atoms with Crippen LogP contribution in [0.4, 0.5) is 0 Å². The van der Waals surface area contributed by atoms with E-state index < -0.39 is 5.97 Å². The lowest BCUT2D eigenvalue weighted by atomic mass is 9.97. The van der Waals surface area contributed by atoms with Gasteiger partial charge in [-0.25, -0.2) is 0 Å². The van der Waals surface area contributed by atoms with Gasteiger partial charge in [-0.15, -0.1) is 0 Å². The normalized spacial score (nSPS) is 10.6. The number of aryl methyl sites for hydroxylation is 1. The van der Waals surface area contributed by atoms with Gasteiger partial charge in [-0.1, -0.05) is 0 Å². The summed E-state index contributed by atoms with van der Waals surface area (Å²) in [5.41, 5.74) is 0.689. The number of esters is 1. The van der Waals surface area contributed by atoms with Crippen LogP contribution in [0.3, 0.4) is 0 Å². The van der Waals surface area contributed by atoms with Gasteiger partial charge in [-0.3, -0.25) is 9.59 Å². The van der Waals surface area contributed by atoms with Gasteiger partial charge in [0.15, 0.2) is 5.78 Å². The van der Waals surface area contributed by atoms with E-state index in [1.54, 1.807) is 13.0 Å². The van der Waals surface area contributed by atoms with Crippen molar-refractivity contribution in [2.75, 3.05) is 0 Å². The fourth-order valence-corrected chi connectivity index (χ4v) is 2.27. The Balaban J connectivity index is 2.89. The second-order valence-corrected chi connectivity index (χ2v) is 4.57. The maximum atomic E-state index is 11.6. The molecule has 0 heterocycles. The highest BCUT2D eigenvalue weighted by Crippen LogP contribution is 2.41. The first kappa shape index (κ1) is 13.9. The van der Waals surface area contributed by atoms with Crippen LogP contribution in [0.1, 0.15) is 29.8 Å². The number of benzene rings is 2. The van der Waals surface area contributed by atoms with Crippen molar-refractivity contribution in [2.45, 2.75) is 20.8 Å². The van der Waals surface area contributed by atoms with Crippen molar-refractivity contribution >= 4 is 22.5 Å². The van der Waals surface area contributed by atoms with Crippen molar-refractivity contribution < 1.29 is 24.5 Å². The molecule has 0 aliphatic rings. The number of ether oxygens (including phenoxy) is 1. The number of carbonyl (C=O) groups excluding carboxylic acids is 2. The molecule has 20 heavy (non-hydrogen) atoms. The summed E-state index contributed by atoms with van der Waals surface area (Å²) >= 11 is 0. The minimum Gasteiger partial charge on any atom is -0.507 e. The zero-order chi connectivity index (χ0) is 15.0. The second kappa shape index (κ2) is 4.85. The number of Topliss-reactive ketones (excluding diaryl/α,β-unsaturated/α-hetero) is 1. The number of hydrogen-bond donors (Lipinski definition) is 2. The van der Waals surface area contributed by atoms with E-state index in [0.29, 0.717) is 10.9 Å². The Hall–Kier alpha value is -2.56. The summed E-state index contributed by atoms with van der Waals surface area (Å²) < 4.78 is 5.05. The van der Waals surface area contributed by atoms with Crippen LogP contribution in [0.2, 0.25) is 0 Å². The first-order valence-electron chi connectivity index (χ1n) is 6.00. The van der Waals surface area contributed by atoms with Crippen molar-refractivity contribution in [3.63, 3.8) is 0 Å². The predicted octanol–water partition coefficient (Wildman–Crippen LogP) is 2.69. The number of phenolic OH excluding ortho intramolecular Hbond substituents is 2. The van der Waals surface area contributed by atoms with E-state index in [2.05, 4.69) is 0 Å². The van der Waals surface area contributed by atoms with E-state index in [4.69, 9.17) is 4.74 Å². The summed E-state index contributed by atoms with van der Waals surface area (Å²) in [6, 6.07) is 4.34. The summed E-state index contributed by atoms with van der Waals surface area (Å²) in [5.74, 6) is -1.09. The smallest absolute Gasteiger partial charge is 0.308 e. The second-order valence-electron chi connectivity index (χ2n) is 4.57. The summed E-state index contributed by atoms with van der Waals surface area (Å²) in [7, 11) is 0. The molecule has 0 aromatic heterocycles. The van der Waals surface area contributed by atoms with Gasteiger partial charge in [0.2, 0.25) is 0 Å². The molecule has 104 valence electrons. The van der Waals surface area contributed by atoms with Crippen molar-refractivity contribution in [3.05, 3.63) is 29.3 Å². The SMILES string of the molecule is CC(=O)Oc1ccc(O)c2c(O)c(C(C)=O)c(C)cc12. The van der Waals surface area contributed by atoms with E-state index in [1.807, 2.05) is 0 Å². The molecular weight excluding hydrogens is 260 g/mol. The average molecular weight is 274 g/mol. The summed E-state index contributed by atoms with van der Waals surface area (Å²) in [5, 5.41) is 20.6. The van der Waals surface area contributed by atoms with E-state index >= 15 is 0 Å². The summed E-state index contributed by atoms with van der Waals surface area (Å²) in [4.78, 5) is 22.7. The van der Waals surface area contributed by atoms with Crippen molar-refractivity contribution in [1.82, 2.24) is 0 Å². The Kier molecular flexibility index (Phi) is 3.36. The van der Waals surface area contributed by atoms with Crippen molar-refractivity contribution in [3.8, 4) is 17.2 Å². The number of hydrogen-bond acceptors (Lipinski definition) is 5. The van der Waals surface area contributed by atoms with Gasteiger partial charge in [0.05, 0.1) is 10.9 Å².